The fourth-order valence-electron chi connectivity index (χ4n) is 2.34. The van der Waals surface area contributed by atoms with Gasteiger partial charge in [-0.15, -0.1) is 0 Å². The number of aromatic nitrogens is 2. The molecule has 0 radical (unpaired) electrons. The van der Waals surface area contributed by atoms with Crippen LogP contribution in [0.15, 0.2) is 51.7 Å². The molecule has 20 heavy (non-hydrogen) atoms. The Hall–Kier alpha value is -1.94. The number of fused-ring (bicyclic) bond motifs is 1. The number of hydrogen-bond donors (Lipinski definition) is 0. The minimum Gasteiger partial charge on any atom is -0.268 e. The van der Waals surface area contributed by atoms with Crippen molar-refractivity contribution >= 4 is 26.8 Å². The molecule has 0 spiro atoms. The molecule has 0 amide bonds. The van der Waals surface area contributed by atoms with Gasteiger partial charge in [0.1, 0.15) is 5.82 Å². The van der Waals surface area contributed by atoms with Gasteiger partial charge in [-0.2, -0.15) is 0 Å². The van der Waals surface area contributed by atoms with Crippen LogP contribution in [-0.2, 0) is 0 Å². The maximum Gasteiger partial charge on any atom is 0.265 e. The Balaban J connectivity index is 2.39. The zero-order valence-electron chi connectivity index (χ0n) is 11.2. The molecule has 3 aromatic rings. The van der Waals surface area contributed by atoms with Gasteiger partial charge in [-0.25, -0.2) is 4.98 Å². The number of hydrogen-bond acceptors (Lipinski definition) is 2. The van der Waals surface area contributed by atoms with Gasteiger partial charge in [-0.05, 0) is 49.7 Å². The average molecular weight is 329 g/mol. The summed E-state index contributed by atoms with van der Waals surface area (Å²) in [6, 6.07) is 13.4. The van der Waals surface area contributed by atoms with Gasteiger partial charge in [0.05, 0.1) is 16.6 Å². The average Bonchev–Trinajstić information content (AvgIpc) is 2.40. The summed E-state index contributed by atoms with van der Waals surface area (Å²) < 4.78 is 2.53. The molecule has 0 N–H and O–H groups in total. The van der Waals surface area contributed by atoms with Crippen LogP contribution in [0, 0.1) is 13.8 Å². The van der Waals surface area contributed by atoms with E-state index in [0.717, 1.165) is 21.2 Å². The van der Waals surface area contributed by atoms with Gasteiger partial charge in [0.2, 0.25) is 0 Å². The first-order chi connectivity index (χ1) is 9.56. The lowest BCUT2D eigenvalue weighted by molar-refractivity contribution is 0.893. The van der Waals surface area contributed by atoms with E-state index < -0.39 is 0 Å². The van der Waals surface area contributed by atoms with Gasteiger partial charge in [0.15, 0.2) is 0 Å². The molecule has 100 valence electrons. The quantitative estimate of drug-likeness (QED) is 0.681. The van der Waals surface area contributed by atoms with E-state index in [-0.39, 0.29) is 5.56 Å². The van der Waals surface area contributed by atoms with Gasteiger partial charge in [0, 0.05) is 4.47 Å². The van der Waals surface area contributed by atoms with E-state index >= 15 is 0 Å². The maximum absolute atomic E-state index is 12.7. The van der Waals surface area contributed by atoms with E-state index in [2.05, 4.69) is 20.9 Å². The van der Waals surface area contributed by atoms with E-state index in [0.29, 0.717) is 11.2 Å². The Kier molecular flexibility index (Phi) is 3.18. The largest absolute Gasteiger partial charge is 0.268 e. The fraction of sp³-hybridized carbons (Fsp3) is 0.125. The summed E-state index contributed by atoms with van der Waals surface area (Å²) >= 11 is 3.40. The lowest BCUT2D eigenvalue weighted by atomic mass is 10.2. The van der Waals surface area contributed by atoms with Crippen molar-refractivity contribution in [3.8, 4) is 5.69 Å². The molecular formula is C16H13BrN2O. The number of rotatable bonds is 1. The summed E-state index contributed by atoms with van der Waals surface area (Å²) in [6.45, 7) is 3.86. The van der Waals surface area contributed by atoms with Crippen LogP contribution in [0.25, 0.3) is 16.6 Å². The number of aryl methyl sites for hydroxylation is 2. The third-order valence-corrected chi connectivity index (χ3v) is 3.75. The molecule has 0 fully saturated rings. The molecule has 0 saturated heterocycles. The summed E-state index contributed by atoms with van der Waals surface area (Å²) in [5.74, 6) is 0.690. The Labute approximate surface area is 125 Å². The van der Waals surface area contributed by atoms with E-state index in [4.69, 9.17) is 0 Å². The first kappa shape index (κ1) is 13.1. The highest BCUT2D eigenvalue weighted by Gasteiger charge is 2.10. The minimum atomic E-state index is -0.0422. The zero-order chi connectivity index (χ0) is 14.3. The van der Waals surface area contributed by atoms with Crippen molar-refractivity contribution in [3.05, 3.63) is 68.7 Å². The Morgan fingerprint density at radius 3 is 2.65 bits per heavy atom. The Morgan fingerprint density at radius 1 is 1.10 bits per heavy atom. The standard InChI is InChI=1S/C16H13BrN2O/c1-10-4-3-5-13(8-10)19-11(2)18-15-7-6-12(17)9-14(15)16(19)20/h3-9H,1-2H3. The molecule has 0 aliphatic carbocycles. The van der Waals surface area contributed by atoms with Crippen LogP contribution in [0.1, 0.15) is 11.4 Å². The third-order valence-electron chi connectivity index (χ3n) is 3.26. The van der Waals surface area contributed by atoms with Crippen molar-refractivity contribution in [1.29, 1.82) is 0 Å². The van der Waals surface area contributed by atoms with Crippen molar-refractivity contribution in [2.45, 2.75) is 13.8 Å². The van der Waals surface area contributed by atoms with Crippen LogP contribution in [0.2, 0.25) is 0 Å². The molecule has 2 aromatic carbocycles. The molecule has 3 nitrogen and oxygen atoms in total. The SMILES string of the molecule is Cc1cccc(-n2c(C)nc3ccc(Br)cc3c2=O)c1. The molecule has 3 rings (SSSR count). The normalized spacial score (nSPS) is 10.9. The zero-order valence-corrected chi connectivity index (χ0v) is 12.8. The molecule has 0 aliphatic rings. The summed E-state index contributed by atoms with van der Waals surface area (Å²) in [7, 11) is 0. The van der Waals surface area contributed by atoms with E-state index in [9.17, 15) is 4.79 Å². The smallest absolute Gasteiger partial charge is 0.265 e. The summed E-state index contributed by atoms with van der Waals surface area (Å²) in [5, 5.41) is 0.617. The van der Waals surface area contributed by atoms with Crippen LogP contribution >= 0.6 is 15.9 Å². The molecule has 0 aliphatic heterocycles. The minimum absolute atomic E-state index is 0.0422. The van der Waals surface area contributed by atoms with Gasteiger partial charge in [0.25, 0.3) is 5.56 Å². The third kappa shape index (κ3) is 2.16. The predicted octanol–water partition coefficient (Wildman–Crippen LogP) is 3.77. The second kappa shape index (κ2) is 4.87. The Bertz CT molecular complexity index is 868. The molecule has 4 heteroatoms. The number of halogens is 1. The molecule has 0 atom stereocenters. The summed E-state index contributed by atoms with van der Waals surface area (Å²) in [6.07, 6.45) is 0. The summed E-state index contributed by atoms with van der Waals surface area (Å²) in [5.41, 5.74) is 2.64. The van der Waals surface area contributed by atoms with E-state index in [1.165, 1.54) is 0 Å². The highest BCUT2D eigenvalue weighted by Crippen LogP contribution is 2.17. The monoisotopic (exact) mass is 328 g/mol. The lowest BCUT2D eigenvalue weighted by Crippen LogP contribution is -2.22. The second-order valence-corrected chi connectivity index (χ2v) is 5.72. The first-order valence-electron chi connectivity index (χ1n) is 6.32. The maximum atomic E-state index is 12.7. The predicted molar refractivity (Wildman–Crippen MR) is 84.5 cm³/mol. The molecule has 0 bridgehead atoms. The first-order valence-corrected chi connectivity index (χ1v) is 7.11. The van der Waals surface area contributed by atoms with Crippen molar-refractivity contribution in [3.63, 3.8) is 0 Å². The molecule has 1 aromatic heterocycles. The number of nitrogens with zero attached hydrogens (tertiary/aromatic N) is 2. The highest BCUT2D eigenvalue weighted by molar-refractivity contribution is 9.10. The molecule has 1 heterocycles. The Morgan fingerprint density at radius 2 is 1.90 bits per heavy atom. The van der Waals surface area contributed by atoms with Gasteiger partial charge in [-0.1, -0.05) is 28.1 Å². The molecule has 0 unspecified atom stereocenters. The van der Waals surface area contributed by atoms with Crippen molar-refractivity contribution < 1.29 is 0 Å². The van der Waals surface area contributed by atoms with Gasteiger partial charge >= 0.3 is 0 Å². The molecule has 0 saturated carbocycles. The van der Waals surface area contributed by atoms with Crippen LogP contribution in [0.4, 0.5) is 0 Å². The summed E-state index contributed by atoms with van der Waals surface area (Å²) in [4.78, 5) is 17.2. The lowest BCUT2D eigenvalue weighted by Gasteiger charge is -2.11. The van der Waals surface area contributed by atoms with Gasteiger partial charge < -0.3 is 0 Å². The topological polar surface area (TPSA) is 34.9 Å². The van der Waals surface area contributed by atoms with Crippen molar-refractivity contribution in [2.75, 3.05) is 0 Å². The van der Waals surface area contributed by atoms with Crippen molar-refractivity contribution in [2.24, 2.45) is 0 Å². The van der Waals surface area contributed by atoms with Crippen LogP contribution < -0.4 is 5.56 Å². The van der Waals surface area contributed by atoms with Crippen LogP contribution in [0.3, 0.4) is 0 Å². The number of benzene rings is 2. The van der Waals surface area contributed by atoms with E-state index in [1.54, 1.807) is 4.57 Å². The highest BCUT2D eigenvalue weighted by atomic mass is 79.9. The fourth-order valence-corrected chi connectivity index (χ4v) is 2.70. The second-order valence-electron chi connectivity index (χ2n) is 4.80. The van der Waals surface area contributed by atoms with Gasteiger partial charge in [-0.3, -0.25) is 9.36 Å². The van der Waals surface area contributed by atoms with Crippen LogP contribution in [-0.4, -0.2) is 9.55 Å². The van der Waals surface area contributed by atoms with E-state index in [1.807, 2.05) is 56.3 Å². The van der Waals surface area contributed by atoms with Crippen LogP contribution in [0.5, 0.6) is 0 Å². The van der Waals surface area contributed by atoms with Crippen molar-refractivity contribution in [1.82, 2.24) is 9.55 Å². The molecular weight excluding hydrogens is 316 g/mol.